The molecule has 0 amide bonds. The minimum atomic E-state index is 0.314. The van der Waals surface area contributed by atoms with E-state index in [1.807, 2.05) is 31.2 Å². The fourth-order valence-electron chi connectivity index (χ4n) is 2.36. The summed E-state index contributed by atoms with van der Waals surface area (Å²) >= 11 is 0. The lowest BCUT2D eigenvalue weighted by atomic mass is 10.3. The third-order valence-corrected chi connectivity index (χ3v) is 3.51. The normalized spacial score (nSPS) is 10.9. The Hall–Kier alpha value is -3.49. The highest BCUT2D eigenvalue weighted by Gasteiger charge is 2.16. The number of imidazole rings is 1. The third-order valence-electron chi connectivity index (χ3n) is 3.51. The van der Waals surface area contributed by atoms with Gasteiger partial charge in [0.1, 0.15) is 11.6 Å². The van der Waals surface area contributed by atoms with E-state index in [2.05, 4.69) is 30.6 Å². The Kier molecular flexibility index (Phi) is 3.30. The van der Waals surface area contributed by atoms with Crippen LogP contribution >= 0.6 is 0 Å². The SMILES string of the molecule is COc1ccccc1Nc1nc2nonc2nc1-n1ccnc1C. The zero-order chi connectivity index (χ0) is 16.5. The number of fused-ring (bicyclic) bond motifs is 1. The largest absolute Gasteiger partial charge is 0.495 e. The highest BCUT2D eigenvalue weighted by Crippen LogP contribution is 2.29. The summed E-state index contributed by atoms with van der Waals surface area (Å²) < 4.78 is 11.9. The number of nitrogens with zero attached hydrogens (tertiary/aromatic N) is 6. The molecule has 0 unspecified atom stereocenters. The second-order valence-corrected chi connectivity index (χ2v) is 4.98. The summed E-state index contributed by atoms with van der Waals surface area (Å²) in [4.78, 5) is 13.2. The van der Waals surface area contributed by atoms with Crippen LogP contribution in [0.4, 0.5) is 11.5 Å². The molecule has 9 heteroatoms. The van der Waals surface area contributed by atoms with E-state index in [9.17, 15) is 0 Å². The first-order valence-corrected chi connectivity index (χ1v) is 7.17. The molecule has 9 nitrogen and oxygen atoms in total. The minimum absolute atomic E-state index is 0.314. The average molecular weight is 323 g/mol. The van der Waals surface area contributed by atoms with Crippen molar-refractivity contribution in [3.05, 3.63) is 42.5 Å². The number of para-hydroxylation sites is 2. The Morgan fingerprint density at radius 3 is 2.67 bits per heavy atom. The number of methoxy groups -OCH3 is 1. The number of benzene rings is 1. The number of nitrogens with one attached hydrogen (secondary N) is 1. The van der Waals surface area contributed by atoms with Gasteiger partial charge in [-0.3, -0.25) is 4.57 Å². The first-order valence-electron chi connectivity index (χ1n) is 7.17. The van der Waals surface area contributed by atoms with Gasteiger partial charge in [-0.05, 0) is 29.4 Å². The molecule has 0 saturated carbocycles. The van der Waals surface area contributed by atoms with Gasteiger partial charge in [0, 0.05) is 12.4 Å². The van der Waals surface area contributed by atoms with Gasteiger partial charge in [-0.1, -0.05) is 12.1 Å². The van der Waals surface area contributed by atoms with Crippen LogP contribution < -0.4 is 10.1 Å². The third kappa shape index (κ3) is 2.32. The second kappa shape index (κ2) is 5.61. The van der Waals surface area contributed by atoms with E-state index < -0.39 is 0 Å². The summed E-state index contributed by atoms with van der Waals surface area (Å²) in [6, 6.07) is 7.53. The molecule has 0 atom stereocenters. The van der Waals surface area contributed by atoms with Gasteiger partial charge < -0.3 is 10.1 Å². The number of hydrogen-bond acceptors (Lipinski definition) is 8. The van der Waals surface area contributed by atoms with Crippen LogP contribution in [0.25, 0.3) is 17.1 Å². The Balaban J connectivity index is 1.88. The molecular formula is C15H13N7O2. The zero-order valence-electron chi connectivity index (χ0n) is 13.0. The average Bonchev–Trinajstić information content (AvgIpc) is 3.22. The minimum Gasteiger partial charge on any atom is -0.495 e. The van der Waals surface area contributed by atoms with Crippen molar-refractivity contribution < 1.29 is 9.37 Å². The Morgan fingerprint density at radius 2 is 1.92 bits per heavy atom. The molecule has 0 aliphatic heterocycles. The van der Waals surface area contributed by atoms with Crippen molar-refractivity contribution in [2.75, 3.05) is 12.4 Å². The van der Waals surface area contributed by atoms with Crippen molar-refractivity contribution >= 4 is 22.8 Å². The molecule has 120 valence electrons. The van der Waals surface area contributed by atoms with Gasteiger partial charge in [-0.25, -0.2) is 19.6 Å². The zero-order valence-corrected chi connectivity index (χ0v) is 13.0. The van der Waals surface area contributed by atoms with Crippen LogP contribution in [0.2, 0.25) is 0 Å². The summed E-state index contributed by atoms with van der Waals surface area (Å²) in [6.07, 6.45) is 3.49. The van der Waals surface area contributed by atoms with E-state index in [-0.39, 0.29) is 0 Å². The van der Waals surface area contributed by atoms with E-state index in [4.69, 9.17) is 9.37 Å². The quantitative estimate of drug-likeness (QED) is 0.610. The van der Waals surface area contributed by atoms with Gasteiger partial charge in [-0.2, -0.15) is 0 Å². The summed E-state index contributed by atoms with van der Waals surface area (Å²) in [6.45, 7) is 1.87. The van der Waals surface area contributed by atoms with E-state index in [1.165, 1.54) is 0 Å². The van der Waals surface area contributed by atoms with Crippen molar-refractivity contribution in [3.8, 4) is 11.6 Å². The molecular weight excluding hydrogens is 310 g/mol. The van der Waals surface area contributed by atoms with Gasteiger partial charge in [0.05, 0.1) is 12.8 Å². The summed E-state index contributed by atoms with van der Waals surface area (Å²) in [5.74, 6) is 2.48. The van der Waals surface area contributed by atoms with Gasteiger partial charge in [0.25, 0.3) is 0 Å². The molecule has 0 aliphatic rings. The van der Waals surface area contributed by atoms with Gasteiger partial charge in [0.2, 0.25) is 11.3 Å². The fraction of sp³-hybridized carbons (Fsp3) is 0.133. The fourth-order valence-corrected chi connectivity index (χ4v) is 2.36. The molecule has 4 rings (SSSR count). The monoisotopic (exact) mass is 323 g/mol. The van der Waals surface area contributed by atoms with Crippen molar-refractivity contribution in [2.24, 2.45) is 0 Å². The number of ether oxygens (including phenoxy) is 1. The van der Waals surface area contributed by atoms with E-state index in [0.717, 1.165) is 11.5 Å². The van der Waals surface area contributed by atoms with E-state index in [0.29, 0.717) is 28.7 Å². The van der Waals surface area contributed by atoms with Crippen LogP contribution in [0.3, 0.4) is 0 Å². The molecule has 1 aromatic carbocycles. The Labute approximate surface area is 136 Å². The van der Waals surface area contributed by atoms with Crippen molar-refractivity contribution in [1.29, 1.82) is 0 Å². The molecule has 0 fully saturated rings. The number of hydrogen-bond donors (Lipinski definition) is 1. The van der Waals surface area contributed by atoms with Crippen LogP contribution in [-0.2, 0) is 0 Å². The lowest BCUT2D eigenvalue weighted by Gasteiger charge is -2.13. The number of aryl methyl sites for hydroxylation is 1. The summed E-state index contributed by atoms with van der Waals surface area (Å²) in [5.41, 5.74) is 1.39. The second-order valence-electron chi connectivity index (χ2n) is 4.98. The number of anilines is 2. The lowest BCUT2D eigenvalue weighted by Crippen LogP contribution is -2.07. The van der Waals surface area contributed by atoms with Crippen LogP contribution in [-0.4, -0.2) is 36.9 Å². The summed E-state index contributed by atoms with van der Waals surface area (Å²) in [7, 11) is 1.61. The van der Waals surface area contributed by atoms with Crippen LogP contribution in [0.5, 0.6) is 5.75 Å². The molecule has 3 aromatic heterocycles. The summed E-state index contributed by atoms with van der Waals surface area (Å²) in [5, 5.41) is 10.7. The topological polar surface area (TPSA) is 104 Å². The van der Waals surface area contributed by atoms with Gasteiger partial charge in [-0.15, -0.1) is 0 Å². The van der Waals surface area contributed by atoms with E-state index in [1.54, 1.807) is 24.1 Å². The highest BCUT2D eigenvalue weighted by molar-refractivity contribution is 5.74. The van der Waals surface area contributed by atoms with Crippen LogP contribution in [0.1, 0.15) is 5.82 Å². The molecule has 0 spiro atoms. The molecule has 0 aliphatic carbocycles. The first kappa shape index (κ1) is 14.1. The van der Waals surface area contributed by atoms with Crippen molar-refractivity contribution in [1.82, 2.24) is 29.8 Å². The van der Waals surface area contributed by atoms with Crippen molar-refractivity contribution in [3.63, 3.8) is 0 Å². The molecule has 1 N–H and O–H groups in total. The molecule has 4 aromatic rings. The Bertz CT molecular complexity index is 1010. The molecule has 0 bridgehead atoms. The van der Waals surface area contributed by atoms with Crippen LogP contribution in [0, 0.1) is 6.92 Å². The molecule has 0 saturated heterocycles. The van der Waals surface area contributed by atoms with Crippen molar-refractivity contribution in [2.45, 2.75) is 6.92 Å². The molecule has 24 heavy (non-hydrogen) atoms. The number of aromatic nitrogens is 6. The smallest absolute Gasteiger partial charge is 0.245 e. The highest BCUT2D eigenvalue weighted by atomic mass is 16.6. The standard InChI is InChI=1S/C15H13N7O2/c1-9-16-7-8-22(9)15-14(18-12-13(19-15)21-24-20-12)17-10-5-3-4-6-11(10)23-2/h3-8H,1-2H3,(H,17,18,20). The maximum absolute atomic E-state index is 5.37. The molecule has 3 heterocycles. The Morgan fingerprint density at radius 1 is 1.12 bits per heavy atom. The maximum atomic E-state index is 5.37. The maximum Gasteiger partial charge on any atom is 0.245 e. The predicted octanol–water partition coefficient (Wildman–Crippen LogP) is 2.26. The first-order chi connectivity index (χ1) is 11.8. The predicted molar refractivity (Wildman–Crippen MR) is 85.5 cm³/mol. The molecule has 0 radical (unpaired) electrons. The van der Waals surface area contributed by atoms with E-state index >= 15 is 0 Å². The van der Waals surface area contributed by atoms with Gasteiger partial charge in [0.15, 0.2) is 11.6 Å². The number of rotatable bonds is 4. The van der Waals surface area contributed by atoms with Crippen LogP contribution in [0.15, 0.2) is 41.3 Å². The van der Waals surface area contributed by atoms with Gasteiger partial charge >= 0.3 is 0 Å². The lowest BCUT2D eigenvalue weighted by molar-refractivity contribution is 0.314.